The molecule has 1 aliphatic carbocycles. The lowest BCUT2D eigenvalue weighted by molar-refractivity contribution is -0.140. The summed E-state index contributed by atoms with van der Waals surface area (Å²) >= 11 is 0. The predicted molar refractivity (Wildman–Crippen MR) is 67.9 cm³/mol. The SMILES string of the molecule is CC(C)C1CCC(N2CC(CC(=O)O)C2)CC1. The molecule has 1 saturated heterocycles. The molecule has 3 heteroatoms. The number of nitrogens with zero attached hydrogens (tertiary/aromatic N) is 1. The Kier molecular flexibility index (Phi) is 4.08. The van der Waals surface area contributed by atoms with E-state index in [9.17, 15) is 4.79 Å². The minimum Gasteiger partial charge on any atom is -0.481 e. The molecule has 0 bridgehead atoms. The topological polar surface area (TPSA) is 40.5 Å². The Hall–Kier alpha value is -0.570. The second-order valence-electron chi connectivity index (χ2n) is 6.23. The molecule has 1 aliphatic heterocycles. The maximum absolute atomic E-state index is 10.6. The molecule has 0 atom stereocenters. The Morgan fingerprint density at radius 2 is 1.82 bits per heavy atom. The molecule has 0 aromatic carbocycles. The minimum absolute atomic E-state index is 0.359. The molecular weight excluding hydrogens is 214 g/mol. The van der Waals surface area contributed by atoms with Gasteiger partial charge in [-0.3, -0.25) is 9.69 Å². The van der Waals surface area contributed by atoms with Gasteiger partial charge in [0.25, 0.3) is 0 Å². The van der Waals surface area contributed by atoms with E-state index in [1.165, 1.54) is 25.7 Å². The summed E-state index contributed by atoms with van der Waals surface area (Å²) < 4.78 is 0. The first-order valence-corrected chi connectivity index (χ1v) is 7.02. The van der Waals surface area contributed by atoms with Crippen LogP contribution in [0.25, 0.3) is 0 Å². The third kappa shape index (κ3) is 3.21. The summed E-state index contributed by atoms with van der Waals surface area (Å²) in [6.07, 6.45) is 5.73. The molecule has 3 nitrogen and oxygen atoms in total. The van der Waals surface area contributed by atoms with E-state index < -0.39 is 5.97 Å². The van der Waals surface area contributed by atoms with Crippen LogP contribution in [0.2, 0.25) is 0 Å². The Labute approximate surface area is 104 Å². The second-order valence-corrected chi connectivity index (χ2v) is 6.23. The van der Waals surface area contributed by atoms with E-state index in [4.69, 9.17) is 5.11 Å². The summed E-state index contributed by atoms with van der Waals surface area (Å²) in [5, 5.41) is 8.72. The van der Waals surface area contributed by atoms with Crippen LogP contribution in [0.1, 0.15) is 46.0 Å². The lowest BCUT2D eigenvalue weighted by Gasteiger charge is -2.46. The van der Waals surface area contributed by atoms with E-state index in [2.05, 4.69) is 18.7 Å². The summed E-state index contributed by atoms with van der Waals surface area (Å²) in [6.45, 7) is 6.70. The summed E-state index contributed by atoms with van der Waals surface area (Å²) in [4.78, 5) is 13.1. The van der Waals surface area contributed by atoms with Crippen LogP contribution in [0, 0.1) is 17.8 Å². The van der Waals surface area contributed by atoms with Gasteiger partial charge in [-0.15, -0.1) is 0 Å². The van der Waals surface area contributed by atoms with Crippen molar-refractivity contribution in [2.24, 2.45) is 17.8 Å². The number of carboxylic acid groups (broad SMARTS) is 1. The van der Waals surface area contributed by atoms with Gasteiger partial charge in [0.2, 0.25) is 0 Å². The first-order chi connectivity index (χ1) is 8.06. The van der Waals surface area contributed by atoms with Crippen molar-refractivity contribution in [3.63, 3.8) is 0 Å². The molecule has 0 aromatic heterocycles. The molecular formula is C14H25NO2. The molecule has 1 heterocycles. The third-order valence-corrected chi connectivity index (χ3v) is 4.65. The van der Waals surface area contributed by atoms with Crippen molar-refractivity contribution in [2.75, 3.05) is 13.1 Å². The molecule has 0 spiro atoms. The second kappa shape index (κ2) is 5.38. The van der Waals surface area contributed by atoms with Gasteiger partial charge in [-0.2, -0.15) is 0 Å². The van der Waals surface area contributed by atoms with Crippen LogP contribution in [0.15, 0.2) is 0 Å². The number of likely N-dealkylation sites (tertiary alicyclic amines) is 1. The molecule has 2 rings (SSSR count). The fourth-order valence-electron chi connectivity index (χ4n) is 3.42. The fraction of sp³-hybridized carbons (Fsp3) is 0.929. The van der Waals surface area contributed by atoms with Crippen LogP contribution in [0.4, 0.5) is 0 Å². The van der Waals surface area contributed by atoms with Crippen LogP contribution in [-0.2, 0) is 4.79 Å². The van der Waals surface area contributed by atoms with Gasteiger partial charge in [-0.05, 0) is 43.4 Å². The van der Waals surface area contributed by atoms with E-state index in [1.807, 2.05) is 0 Å². The normalized spacial score (nSPS) is 31.5. The molecule has 0 radical (unpaired) electrons. The standard InChI is InChI=1S/C14H25NO2/c1-10(2)12-3-5-13(6-4-12)15-8-11(9-15)7-14(16)17/h10-13H,3-9H2,1-2H3,(H,16,17). The predicted octanol–water partition coefficient (Wildman–Crippen LogP) is 2.61. The zero-order valence-electron chi connectivity index (χ0n) is 11.1. The van der Waals surface area contributed by atoms with Crippen LogP contribution < -0.4 is 0 Å². The highest BCUT2D eigenvalue weighted by atomic mass is 16.4. The summed E-state index contributed by atoms with van der Waals surface area (Å²) in [6, 6.07) is 0.745. The molecule has 2 fully saturated rings. The average molecular weight is 239 g/mol. The molecule has 0 unspecified atom stereocenters. The Balaban J connectivity index is 1.68. The fourth-order valence-corrected chi connectivity index (χ4v) is 3.42. The number of rotatable bonds is 4. The third-order valence-electron chi connectivity index (χ3n) is 4.65. The Bertz CT molecular complexity index is 263. The van der Waals surface area contributed by atoms with Gasteiger partial charge < -0.3 is 5.11 Å². The number of carboxylic acids is 1. The molecule has 1 N–H and O–H groups in total. The van der Waals surface area contributed by atoms with E-state index in [1.54, 1.807) is 0 Å². The smallest absolute Gasteiger partial charge is 0.303 e. The van der Waals surface area contributed by atoms with Crippen molar-refractivity contribution in [1.82, 2.24) is 4.90 Å². The number of aliphatic carboxylic acids is 1. The van der Waals surface area contributed by atoms with Crippen molar-refractivity contribution in [3.05, 3.63) is 0 Å². The van der Waals surface area contributed by atoms with Crippen LogP contribution in [0.3, 0.4) is 0 Å². The van der Waals surface area contributed by atoms with E-state index >= 15 is 0 Å². The first-order valence-electron chi connectivity index (χ1n) is 7.02. The summed E-state index contributed by atoms with van der Waals surface area (Å²) in [5.41, 5.74) is 0. The number of carbonyl (C=O) groups is 1. The van der Waals surface area contributed by atoms with Crippen LogP contribution in [0.5, 0.6) is 0 Å². The summed E-state index contributed by atoms with van der Waals surface area (Å²) in [5.74, 6) is 1.52. The quantitative estimate of drug-likeness (QED) is 0.820. The van der Waals surface area contributed by atoms with Crippen molar-refractivity contribution >= 4 is 5.97 Å². The Morgan fingerprint density at radius 3 is 2.29 bits per heavy atom. The maximum Gasteiger partial charge on any atom is 0.303 e. The average Bonchev–Trinajstić information content (AvgIpc) is 2.23. The zero-order chi connectivity index (χ0) is 12.4. The van der Waals surface area contributed by atoms with Gasteiger partial charge in [0.05, 0.1) is 6.42 Å². The van der Waals surface area contributed by atoms with Crippen LogP contribution >= 0.6 is 0 Å². The van der Waals surface area contributed by atoms with Gasteiger partial charge in [0, 0.05) is 19.1 Å². The van der Waals surface area contributed by atoms with E-state index in [0.717, 1.165) is 31.0 Å². The van der Waals surface area contributed by atoms with Crippen molar-refractivity contribution in [3.8, 4) is 0 Å². The van der Waals surface area contributed by atoms with Crippen molar-refractivity contribution in [2.45, 2.75) is 52.0 Å². The number of hydrogen-bond acceptors (Lipinski definition) is 2. The molecule has 1 saturated carbocycles. The van der Waals surface area contributed by atoms with Gasteiger partial charge in [-0.1, -0.05) is 13.8 Å². The minimum atomic E-state index is -0.641. The van der Waals surface area contributed by atoms with Crippen molar-refractivity contribution < 1.29 is 9.90 Å². The van der Waals surface area contributed by atoms with Gasteiger partial charge in [-0.25, -0.2) is 0 Å². The van der Waals surface area contributed by atoms with Gasteiger partial charge >= 0.3 is 5.97 Å². The molecule has 0 aromatic rings. The highest BCUT2D eigenvalue weighted by Crippen LogP contribution is 2.35. The lowest BCUT2D eigenvalue weighted by Crippen LogP contribution is -2.53. The zero-order valence-corrected chi connectivity index (χ0v) is 11.1. The highest BCUT2D eigenvalue weighted by molar-refractivity contribution is 5.67. The molecule has 17 heavy (non-hydrogen) atoms. The van der Waals surface area contributed by atoms with Gasteiger partial charge in [0.15, 0.2) is 0 Å². The van der Waals surface area contributed by atoms with Gasteiger partial charge in [0.1, 0.15) is 0 Å². The van der Waals surface area contributed by atoms with E-state index in [0.29, 0.717) is 12.3 Å². The Morgan fingerprint density at radius 1 is 1.24 bits per heavy atom. The number of hydrogen-bond donors (Lipinski definition) is 1. The van der Waals surface area contributed by atoms with Crippen LogP contribution in [-0.4, -0.2) is 35.1 Å². The highest BCUT2D eigenvalue weighted by Gasteiger charge is 2.35. The monoisotopic (exact) mass is 239 g/mol. The summed E-state index contributed by atoms with van der Waals surface area (Å²) in [7, 11) is 0. The van der Waals surface area contributed by atoms with E-state index in [-0.39, 0.29) is 0 Å². The van der Waals surface area contributed by atoms with Crippen molar-refractivity contribution in [1.29, 1.82) is 0 Å². The lowest BCUT2D eigenvalue weighted by atomic mass is 9.78. The maximum atomic E-state index is 10.6. The molecule has 0 amide bonds. The molecule has 98 valence electrons. The largest absolute Gasteiger partial charge is 0.481 e. The molecule has 2 aliphatic rings. The first kappa shape index (κ1) is 12.9.